The van der Waals surface area contributed by atoms with E-state index in [1.165, 1.54) is 44.9 Å². The molecule has 0 heterocycles. The highest BCUT2D eigenvalue weighted by atomic mass is 16.5. The second-order valence-electron chi connectivity index (χ2n) is 5.86. The zero-order chi connectivity index (χ0) is 12.4. The summed E-state index contributed by atoms with van der Waals surface area (Å²) >= 11 is 0. The molecule has 2 nitrogen and oxygen atoms in total. The molecule has 0 aromatic heterocycles. The minimum Gasteiger partial charge on any atom is -0.495 e. The molecule has 1 unspecified atom stereocenters. The molecule has 1 aromatic carbocycles. The van der Waals surface area contributed by atoms with E-state index in [1.54, 1.807) is 7.11 Å². The first-order valence-corrected chi connectivity index (χ1v) is 7.24. The Kier molecular flexibility index (Phi) is 3.19. The molecule has 0 bridgehead atoms. The molecule has 0 radical (unpaired) electrons. The molecule has 2 aliphatic carbocycles. The van der Waals surface area contributed by atoms with Crippen molar-refractivity contribution >= 4 is 5.69 Å². The number of hydrogen-bond acceptors (Lipinski definition) is 2. The van der Waals surface area contributed by atoms with Gasteiger partial charge in [0.05, 0.1) is 12.8 Å². The van der Waals surface area contributed by atoms with Crippen LogP contribution in [0.1, 0.15) is 44.9 Å². The van der Waals surface area contributed by atoms with Crippen LogP contribution >= 0.6 is 0 Å². The van der Waals surface area contributed by atoms with E-state index in [0.717, 1.165) is 11.4 Å². The molecule has 0 aliphatic heterocycles. The van der Waals surface area contributed by atoms with Crippen LogP contribution in [-0.2, 0) is 0 Å². The van der Waals surface area contributed by atoms with E-state index >= 15 is 0 Å². The lowest BCUT2D eigenvalue weighted by Gasteiger charge is -2.52. The summed E-state index contributed by atoms with van der Waals surface area (Å²) in [5.41, 5.74) is 1.76. The molecule has 18 heavy (non-hydrogen) atoms. The van der Waals surface area contributed by atoms with Gasteiger partial charge < -0.3 is 10.1 Å². The number of nitrogens with one attached hydrogen (secondary N) is 1. The predicted octanol–water partition coefficient (Wildman–Crippen LogP) is 4.22. The third-order valence-corrected chi connectivity index (χ3v) is 4.96. The Labute approximate surface area is 110 Å². The summed E-state index contributed by atoms with van der Waals surface area (Å²) in [5.74, 6) is 0.968. The maximum atomic E-state index is 5.43. The van der Waals surface area contributed by atoms with Crippen LogP contribution in [0.2, 0.25) is 0 Å². The molecule has 2 aliphatic rings. The van der Waals surface area contributed by atoms with Crippen LogP contribution in [0.4, 0.5) is 5.69 Å². The van der Waals surface area contributed by atoms with E-state index in [9.17, 15) is 0 Å². The van der Waals surface area contributed by atoms with Crippen LogP contribution in [0.25, 0.3) is 0 Å². The number of hydrogen-bond donors (Lipinski definition) is 1. The van der Waals surface area contributed by atoms with Gasteiger partial charge in [-0.25, -0.2) is 0 Å². The van der Waals surface area contributed by atoms with Crippen molar-refractivity contribution in [1.82, 2.24) is 0 Å². The van der Waals surface area contributed by atoms with Gasteiger partial charge in [0.2, 0.25) is 0 Å². The summed E-state index contributed by atoms with van der Waals surface area (Å²) < 4.78 is 5.43. The molecular formula is C16H23NO. The average molecular weight is 245 g/mol. The highest BCUT2D eigenvalue weighted by Gasteiger charge is 2.46. The molecule has 2 saturated carbocycles. The third-order valence-electron chi connectivity index (χ3n) is 4.96. The lowest BCUT2D eigenvalue weighted by atomic mass is 9.57. The maximum Gasteiger partial charge on any atom is 0.141 e. The monoisotopic (exact) mass is 245 g/mol. The number of methoxy groups -OCH3 is 1. The number of ether oxygens (including phenoxy) is 1. The largest absolute Gasteiger partial charge is 0.495 e. The van der Waals surface area contributed by atoms with Crippen LogP contribution in [-0.4, -0.2) is 13.2 Å². The van der Waals surface area contributed by atoms with Gasteiger partial charge in [0, 0.05) is 6.04 Å². The van der Waals surface area contributed by atoms with E-state index in [0.29, 0.717) is 11.5 Å². The fraction of sp³-hybridized carbons (Fsp3) is 0.625. The minimum atomic E-state index is 0.596. The van der Waals surface area contributed by atoms with Crippen LogP contribution in [0.5, 0.6) is 5.75 Å². The van der Waals surface area contributed by atoms with Crippen molar-refractivity contribution in [1.29, 1.82) is 0 Å². The number of rotatable bonds is 3. The average Bonchev–Trinajstić information content (AvgIpc) is 2.45. The van der Waals surface area contributed by atoms with Gasteiger partial charge in [0.1, 0.15) is 5.75 Å². The van der Waals surface area contributed by atoms with Crippen LogP contribution < -0.4 is 10.1 Å². The maximum absolute atomic E-state index is 5.43. The van der Waals surface area contributed by atoms with Gasteiger partial charge in [-0.15, -0.1) is 0 Å². The number of anilines is 1. The Morgan fingerprint density at radius 2 is 1.89 bits per heavy atom. The quantitative estimate of drug-likeness (QED) is 0.861. The molecule has 0 saturated heterocycles. The molecular weight excluding hydrogens is 222 g/mol. The van der Waals surface area contributed by atoms with E-state index in [1.807, 2.05) is 12.1 Å². The van der Waals surface area contributed by atoms with Gasteiger partial charge in [-0.05, 0) is 43.2 Å². The van der Waals surface area contributed by atoms with Crippen LogP contribution in [0, 0.1) is 5.41 Å². The van der Waals surface area contributed by atoms with Gasteiger partial charge in [-0.1, -0.05) is 31.4 Å². The van der Waals surface area contributed by atoms with E-state index < -0.39 is 0 Å². The molecule has 2 heteroatoms. The molecule has 0 amide bonds. The SMILES string of the molecule is COc1ccccc1NC1CCC12CCCCC2. The van der Waals surface area contributed by atoms with Crippen molar-refractivity contribution in [2.45, 2.75) is 51.0 Å². The fourth-order valence-electron chi connectivity index (χ4n) is 3.73. The minimum absolute atomic E-state index is 0.596. The number of benzene rings is 1. The zero-order valence-electron chi connectivity index (χ0n) is 11.2. The standard InChI is InChI=1S/C16H23NO/c1-18-14-8-4-3-7-13(14)17-15-9-12-16(15)10-5-2-6-11-16/h3-4,7-8,15,17H,2,5-6,9-12H2,1H3. The smallest absolute Gasteiger partial charge is 0.141 e. The highest BCUT2D eigenvalue weighted by Crippen LogP contribution is 2.53. The molecule has 1 aromatic rings. The van der Waals surface area contributed by atoms with Crippen LogP contribution in [0.15, 0.2) is 24.3 Å². The fourth-order valence-corrected chi connectivity index (χ4v) is 3.73. The van der Waals surface area contributed by atoms with Gasteiger partial charge in [0.25, 0.3) is 0 Å². The second kappa shape index (κ2) is 4.83. The van der Waals surface area contributed by atoms with E-state index in [4.69, 9.17) is 4.74 Å². The Morgan fingerprint density at radius 3 is 2.56 bits per heavy atom. The van der Waals surface area contributed by atoms with Crippen molar-refractivity contribution in [3.63, 3.8) is 0 Å². The van der Waals surface area contributed by atoms with Gasteiger partial charge in [-0.3, -0.25) is 0 Å². The van der Waals surface area contributed by atoms with E-state index in [2.05, 4.69) is 17.4 Å². The Bertz CT molecular complexity index is 409. The highest BCUT2D eigenvalue weighted by molar-refractivity contribution is 5.57. The Hall–Kier alpha value is -1.18. The third kappa shape index (κ3) is 1.98. The van der Waals surface area contributed by atoms with Gasteiger partial charge in [-0.2, -0.15) is 0 Å². The molecule has 98 valence electrons. The Morgan fingerprint density at radius 1 is 1.11 bits per heavy atom. The summed E-state index contributed by atoms with van der Waals surface area (Å²) in [5, 5.41) is 3.73. The normalized spacial score (nSPS) is 25.5. The predicted molar refractivity (Wildman–Crippen MR) is 75.2 cm³/mol. The first kappa shape index (κ1) is 11.9. The summed E-state index contributed by atoms with van der Waals surface area (Å²) in [6.45, 7) is 0. The number of para-hydroxylation sites is 2. The zero-order valence-corrected chi connectivity index (χ0v) is 11.2. The van der Waals surface area contributed by atoms with Crippen molar-refractivity contribution < 1.29 is 4.74 Å². The van der Waals surface area contributed by atoms with Crippen molar-refractivity contribution in [2.75, 3.05) is 12.4 Å². The van der Waals surface area contributed by atoms with Gasteiger partial charge in [0.15, 0.2) is 0 Å². The summed E-state index contributed by atoms with van der Waals surface area (Å²) in [6.07, 6.45) is 9.84. The summed E-state index contributed by atoms with van der Waals surface area (Å²) in [7, 11) is 1.75. The first-order valence-electron chi connectivity index (χ1n) is 7.24. The molecule has 1 N–H and O–H groups in total. The van der Waals surface area contributed by atoms with Crippen LogP contribution in [0.3, 0.4) is 0 Å². The van der Waals surface area contributed by atoms with E-state index in [-0.39, 0.29) is 0 Å². The summed E-state index contributed by atoms with van der Waals surface area (Å²) in [4.78, 5) is 0. The summed E-state index contributed by atoms with van der Waals surface area (Å²) in [6, 6.07) is 8.94. The topological polar surface area (TPSA) is 21.3 Å². The second-order valence-corrected chi connectivity index (χ2v) is 5.86. The van der Waals surface area contributed by atoms with Crippen molar-refractivity contribution in [2.24, 2.45) is 5.41 Å². The first-order chi connectivity index (χ1) is 8.84. The lowest BCUT2D eigenvalue weighted by molar-refractivity contribution is 0.0570. The van der Waals surface area contributed by atoms with Crippen molar-refractivity contribution in [3.8, 4) is 5.75 Å². The lowest BCUT2D eigenvalue weighted by Crippen LogP contribution is -2.50. The molecule has 3 rings (SSSR count). The van der Waals surface area contributed by atoms with Crippen molar-refractivity contribution in [3.05, 3.63) is 24.3 Å². The van der Waals surface area contributed by atoms with Gasteiger partial charge >= 0.3 is 0 Å². The molecule has 2 fully saturated rings. The molecule has 1 spiro atoms. The Balaban J connectivity index is 1.72. The molecule has 1 atom stereocenters.